The van der Waals surface area contributed by atoms with Gasteiger partial charge in [-0.15, -0.1) is 0 Å². The molecule has 28 heavy (non-hydrogen) atoms. The summed E-state index contributed by atoms with van der Waals surface area (Å²) < 4.78 is 9.97. The molecule has 2 aromatic carbocycles. The number of benzene rings is 2. The fourth-order valence-corrected chi connectivity index (χ4v) is 3.49. The number of hydrogen-bond donors (Lipinski definition) is 1. The van der Waals surface area contributed by atoms with Crippen molar-refractivity contribution in [2.45, 2.75) is 25.4 Å². The summed E-state index contributed by atoms with van der Waals surface area (Å²) in [5.41, 5.74) is 2.17. The first-order chi connectivity index (χ1) is 13.6. The maximum Gasteiger partial charge on any atom is 0.337 e. The Hall–Kier alpha value is -2.86. The predicted molar refractivity (Wildman–Crippen MR) is 107 cm³/mol. The molecule has 0 spiro atoms. The first-order valence-electron chi connectivity index (χ1n) is 9.43. The van der Waals surface area contributed by atoms with Crippen LogP contribution in [0.5, 0.6) is 5.75 Å². The van der Waals surface area contributed by atoms with Crippen LogP contribution >= 0.6 is 0 Å². The highest BCUT2D eigenvalue weighted by atomic mass is 16.5. The zero-order valence-corrected chi connectivity index (χ0v) is 16.3. The van der Waals surface area contributed by atoms with E-state index in [0.717, 1.165) is 38.2 Å². The molecule has 0 aromatic heterocycles. The smallest absolute Gasteiger partial charge is 0.337 e. The number of methoxy groups -OCH3 is 2. The minimum Gasteiger partial charge on any atom is -0.497 e. The third-order valence-electron chi connectivity index (χ3n) is 4.95. The van der Waals surface area contributed by atoms with Crippen molar-refractivity contribution < 1.29 is 19.1 Å². The zero-order valence-electron chi connectivity index (χ0n) is 16.3. The van der Waals surface area contributed by atoms with Gasteiger partial charge in [-0.25, -0.2) is 4.79 Å². The summed E-state index contributed by atoms with van der Waals surface area (Å²) in [4.78, 5) is 26.4. The van der Waals surface area contributed by atoms with E-state index in [1.807, 2.05) is 18.2 Å². The Kier molecular flexibility index (Phi) is 6.66. The summed E-state index contributed by atoms with van der Waals surface area (Å²) in [5, 5.41) is 3.11. The van der Waals surface area contributed by atoms with Gasteiger partial charge in [-0.05, 0) is 61.3 Å². The van der Waals surface area contributed by atoms with Gasteiger partial charge in [0.05, 0.1) is 19.8 Å². The molecule has 6 heteroatoms. The topological polar surface area (TPSA) is 67.9 Å². The molecule has 1 saturated heterocycles. The normalized spacial score (nSPS) is 17.0. The van der Waals surface area contributed by atoms with Crippen molar-refractivity contribution in [3.63, 3.8) is 0 Å². The molecule has 0 aliphatic carbocycles. The van der Waals surface area contributed by atoms with E-state index in [9.17, 15) is 9.59 Å². The standard InChI is InChI=1S/C22H26N2O4/c1-27-20-7-3-5-16(13-20)14-24-12-4-6-19(15-24)23-21(25)17-8-10-18(11-9-17)22(26)28-2/h3,5,7-11,13,19H,4,6,12,14-15H2,1-2H3,(H,23,25)/t19-/m1/s1. The number of rotatable bonds is 6. The van der Waals surface area contributed by atoms with Gasteiger partial charge in [0.25, 0.3) is 5.91 Å². The minimum absolute atomic E-state index is 0.104. The molecule has 1 aliphatic rings. The van der Waals surface area contributed by atoms with Gasteiger partial charge >= 0.3 is 5.97 Å². The third kappa shape index (κ3) is 5.10. The van der Waals surface area contributed by atoms with Gasteiger partial charge in [0.15, 0.2) is 0 Å². The first-order valence-corrected chi connectivity index (χ1v) is 9.43. The Bertz CT molecular complexity index is 820. The average molecular weight is 382 g/mol. The second-order valence-corrected chi connectivity index (χ2v) is 6.97. The van der Waals surface area contributed by atoms with Crippen LogP contribution in [0.15, 0.2) is 48.5 Å². The van der Waals surface area contributed by atoms with E-state index in [0.29, 0.717) is 11.1 Å². The third-order valence-corrected chi connectivity index (χ3v) is 4.95. The van der Waals surface area contributed by atoms with E-state index in [1.54, 1.807) is 31.4 Å². The van der Waals surface area contributed by atoms with Crippen molar-refractivity contribution in [3.8, 4) is 5.75 Å². The monoisotopic (exact) mass is 382 g/mol. The number of carbonyl (C=O) groups excluding carboxylic acids is 2. The lowest BCUT2D eigenvalue weighted by Gasteiger charge is -2.33. The minimum atomic E-state index is -0.410. The molecular weight excluding hydrogens is 356 g/mol. The molecule has 1 atom stereocenters. The SMILES string of the molecule is COC(=O)c1ccc(C(=O)N[C@@H]2CCCN(Cc3cccc(OC)c3)C2)cc1. The number of carbonyl (C=O) groups is 2. The summed E-state index contributed by atoms with van der Waals surface area (Å²) in [6.07, 6.45) is 2.00. The van der Waals surface area contributed by atoms with Gasteiger partial charge in [-0.3, -0.25) is 9.69 Å². The summed E-state index contributed by atoms with van der Waals surface area (Å²) in [5.74, 6) is 0.326. The molecule has 148 valence electrons. The van der Waals surface area contributed by atoms with Crippen LogP contribution in [0.2, 0.25) is 0 Å². The maximum absolute atomic E-state index is 12.5. The molecule has 1 amide bonds. The Labute approximate surface area is 165 Å². The Balaban J connectivity index is 1.56. The number of piperidine rings is 1. The van der Waals surface area contributed by atoms with Crippen LogP contribution in [0.25, 0.3) is 0 Å². The Morgan fingerprint density at radius 1 is 1.11 bits per heavy atom. The Morgan fingerprint density at radius 3 is 2.57 bits per heavy atom. The van der Waals surface area contributed by atoms with Gasteiger partial charge in [-0.2, -0.15) is 0 Å². The van der Waals surface area contributed by atoms with Crippen molar-refractivity contribution in [1.29, 1.82) is 0 Å². The Morgan fingerprint density at radius 2 is 1.86 bits per heavy atom. The highest BCUT2D eigenvalue weighted by Crippen LogP contribution is 2.18. The summed E-state index contributed by atoms with van der Waals surface area (Å²) in [7, 11) is 3.01. The largest absolute Gasteiger partial charge is 0.497 e. The van der Waals surface area contributed by atoms with Gasteiger partial charge in [0, 0.05) is 24.7 Å². The molecule has 0 bridgehead atoms. The molecular formula is C22H26N2O4. The van der Waals surface area contributed by atoms with Crippen molar-refractivity contribution >= 4 is 11.9 Å². The van der Waals surface area contributed by atoms with E-state index >= 15 is 0 Å². The fourth-order valence-electron chi connectivity index (χ4n) is 3.49. The van der Waals surface area contributed by atoms with Crippen LogP contribution in [0.1, 0.15) is 39.1 Å². The number of amides is 1. The second kappa shape index (κ2) is 9.37. The summed E-state index contributed by atoms with van der Waals surface area (Å²) in [6.45, 7) is 2.65. The molecule has 1 fully saturated rings. The molecule has 3 rings (SSSR count). The highest BCUT2D eigenvalue weighted by Gasteiger charge is 2.22. The summed E-state index contributed by atoms with van der Waals surface area (Å²) >= 11 is 0. The quantitative estimate of drug-likeness (QED) is 0.778. The average Bonchev–Trinajstić information content (AvgIpc) is 2.73. The lowest BCUT2D eigenvalue weighted by molar-refractivity contribution is 0.0600. The lowest BCUT2D eigenvalue weighted by atomic mass is 10.0. The van der Waals surface area contributed by atoms with E-state index in [4.69, 9.17) is 4.74 Å². The van der Waals surface area contributed by atoms with Crippen LogP contribution in [-0.2, 0) is 11.3 Å². The van der Waals surface area contributed by atoms with Crippen molar-refractivity contribution in [3.05, 3.63) is 65.2 Å². The number of nitrogens with one attached hydrogen (secondary N) is 1. The first kappa shape index (κ1) is 19.9. The van der Waals surface area contributed by atoms with Gasteiger partial charge in [0.2, 0.25) is 0 Å². The molecule has 0 saturated carbocycles. The molecule has 1 aliphatic heterocycles. The number of likely N-dealkylation sites (tertiary alicyclic amines) is 1. The van der Waals surface area contributed by atoms with Crippen LogP contribution in [0.4, 0.5) is 0 Å². The molecule has 6 nitrogen and oxygen atoms in total. The van der Waals surface area contributed by atoms with Crippen molar-refractivity contribution in [2.24, 2.45) is 0 Å². The maximum atomic E-state index is 12.5. The van der Waals surface area contributed by atoms with Crippen LogP contribution in [-0.4, -0.2) is 50.1 Å². The van der Waals surface area contributed by atoms with Crippen LogP contribution in [0, 0.1) is 0 Å². The fraction of sp³-hybridized carbons (Fsp3) is 0.364. The highest BCUT2D eigenvalue weighted by molar-refractivity contribution is 5.96. The number of hydrogen-bond acceptors (Lipinski definition) is 5. The van der Waals surface area contributed by atoms with Crippen LogP contribution < -0.4 is 10.1 Å². The van der Waals surface area contributed by atoms with Gasteiger partial charge < -0.3 is 14.8 Å². The predicted octanol–water partition coefficient (Wildman–Crippen LogP) is 2.88. The van der Waals surface area contributed by atoms with E-state index < -0.39 is 5.97 Å². The van der Waals surface area contributed by atoms with E-state index in [1.165, 1.54) is 12.7 Å². The number of nitrogens with zero attached hydrogens (tertiary/aromatic N) is 1. The number of ether oxygens (including phenoxy) is 2. The molecule has 1 heterocycles. The zero-order chi connectivity index (χ0) is 19.9. The van der Waals surface area contributed by atoms with Crippen molar-refractivity contribution in [2.75, 3.05) is 27.3 Å². The molecule has 1 N–H and O–H groups in total. The van der Waals surface area contributed by atoms with Gasteiger partial charge in [0.1, 0.15) is 5.75 Å². The van der Waals surface area contributed by atoms with E-state index in [2.05, 4.69) is 21.0 Å². The summed E-state index contributed by atoms with van der Waals surface area (Å²) in [6, 6.07) is 14.7. The van der Waals surface area contributed by atoms with Crippen molar-refractivity contribution in [1.82, 2.24) is 10.2 Å². The van der Waals surface area contributed by atoms with Gasteiger partial charge in [-0.1, -0.05) is 12.1 Å². The van der Waals surface area contributed by atoms with E-state index in [-0.39, 0.29) is 11.9 Å². The molecule has 0 radical (unpaired) electrons. The second-order valence-electron chi connectivity index (χ2n) is 6.97. The molecule has 2 aromatic rings. The lowest BCUT2D eigenvalue weighted by Crippen LogP contribution is -2.47. The molecule has 0 unspecified atom stereocenters. The number of esters is 1. The van der Waals surface area contributed by atoms with Crippen LogP contribution in [0.3, 0.4) is 0 Å².